The molecular formula is C26H20ClN5O2. The Morgan fingerprint density at radius 1 is 0.971 bits per heavy atom. The van der Waals surface area contributed by atoms with E-state index in [1.807, 2.05) is 48.5 Å². The molecule has 1 aliphatic rings. The molecule has 1 N–H and O–H groups in total. The molecule has 0 amide bonds. The maximum atomic E-state index is 13.8. The van der Waals surface area contributed by atoms with E-state index in [9.17, 15) is 9.59 Å². The van der Waals surface area contributed by atoms with Gasteiger partial charge >= 0.3 is 0 Å². The van der Waals surface area contributed by atoms with Gasteiger partial charge in [-0.2, -0.15) is 0 Å². The van der Waals surface area contributed by atoms with Crippen molar-refractivity contribution in [1.82, 2.24) is 19.5 Å². The molecular weight excluding hydrogens is 450 g/mol. The monoisotopic (exact) mass is 469 g/mol. The van der Waals surface area contributed by atoms with Crippen LogP contribution in [0.2, 0.25) is 5.02 Å². The van der Waals surface area contributed by atoms with Crippen molar-refractivity contribution < 1.29 is 0 Å². The standard InChI is InChI=1S/C26H20ClN5O2/c27-18-9-4-6-16-14-20(32(26(34)22(16)18)17-7-2-1-3-8-17)19-10-5-13-31(19)25-23-21(33)11-12-28-24(23)29-15-30-25/h1-4,6-9,11-12,14-15,19H,5,10,13H2,(H,28,29,30,33). The van der Waals surface area contributed by atoms with Crippen LogP contribution in [-0.2, 0) is 0 Å². The van der Waals surface area contributed by atoms with Crippen LogP contribution in [0.4, 0.5) is 5.82 Å². The number of nitrogens with one attached hydrogen (secondary N) is 1. The van der Waals surface area contributed by atoms with Crippen molar-refractivity contribution in [3.63, 3.8) is 0 Å². The Kier molecular flexibility index (Phi) is 4.92. The summed E-state index contributed by atoms with van der Waals surface area (Å²) >= 11 is 6.46. The van der Waals surface area contributed by atoms with Gasteiger partial charge in [0.05, 0.1) is 16.5 Å². The van der Waals surface area contributed by atoms with E-state index in [1.54, 1.807) is 16.8 Å². The van der Waals surface area contributed by atoms with Gasteiger partial charge in [0.15, 0.2) is 5.43 Å². The third-order valence-corrected chi connectivity index (χ3v) is 6.75. The third kappa shape index (κ3) is 3.20. The summed E-state index contributed by atoms with van der Waals surface area (Å²) < 4.78 is 1.74. The van der Waals surface area contributed by atoms with Crippen LogP contribution in [0.1, 0.15) is 24.6 Å². The van der Waals surface area contributed by atoms with E-state index in [4.69, 9.17) is 11.6 Å². The summed E-state index contributed by atoms with van der Waals surface area (Å²) in [6, 6.07) is 18.4. The van der Waals surface area contributed by atoms with Gasteiger partial charge in [-0.25, -0.2) is 9.97 Å². The predicted octanol–water partition coefficient (Wildman–Crippen LogP) is 4.62. The number of hydrogen-bond donors (Lipinski definition) is 1. The molecule has 6 rings (SSSR count). The number of pyridine rings is 2. The van der Waals surface area contributed by atoms with Crippen LogP contribution in [-0.4, -0.2) is 26.1 Å². The van der Waals surface area contributed by atoms with E-state index < -0.39 is 0 Å². The molecule has 4 heterocycles. The lowest BCUT2D eigenvalue weighted by Gasteiger charge is -2.29. The van der Waals surface area contributed by atoms with E-state index >= 15 is 0 Å². The van der Waals surface area contributed by atoms with Gasteiger partial charge in [0.2, 0.25) is 0 Å². The first-order valence-electron chi connectivity index (χ1n) is 11.1. The lowest BCUT2D eigenvalue weighted by Crippen LogP contribution is -2.31. The second-order valence-electron chi connectivity index (χ2n) is 8.36. The smallest absolute Gasteiger partial charge is 0.264 e. The van der Waals surface area contributed by atoms with E-state index in [2.05, 4.69) is 19.9 Å². The fourth-order valence-corrected chi connectivity index (χ4v) is 5.23. The highest BCUT2D eigenvalue weighted by atomic mass is 35.5. The second kappa shape index (κ2) is 8.11. The zero-order valence-electron chi connectivity index (χ0n) is 18.1. The van der Waals surface area contributed by atoms with Gasteiger partial charge in [-0.15, -0.1) is 0 Å². The Balaban J connectivity index is 1.63. The number of hydrogen-bond acceptors (Lipinski definition) is 5. The van der Waals surface area contributed by atoms with Crippen LogP contribution in [0.25, 0.3) is 27.5 Å². The van der Waals surface area contributed by atoms with Gasteiger partial charge in [-0.1, -0.05) is 41.9 Å². The number of halogens is 1. The van der Waals surface area contributed by atoms with Crippen molar-refractivity contribution in [3.8, 4) is 5.69 Å². The molecule has 3 aromatic heterocycles. The molecule has 1 aliphatic heterocycles. The molecule has 0 spiro atoms. The van der Waals surface area contributed by atoms with Gasteiger partial charge in [-0.05, 0) is 42.5 Å². The van der Waals surface area contributed by atoms with E-state index in [0.717, 1.165) is 29.6 Å². The summed E-state index contributed by atoms with van der Waals surface area (Å²) in [5.41, 5.74) is 1.79. The molecule has 1 saturated heterocycles. The Morgan fingerprint density at radius 2 is 1.82 bits per heavy atom. The highest BCUT2D eigenvalue weighted by Crippen LogP contribution is 2.38. The number of aromatic amines is 1. The molecule has 0 radical (unpaired) electrons. The van der Waals surface area contributed by atoms with Gasteiger partial charge in [0, 0.05) is 30.2 Å². The van der Waals surface area contributed by atoms with Gasteiger partial charge in [0.25, 0.3) is 5.56 Å². The highest BCUT2D eigenvalue weighted by Gasteiger charge is 2.32. The van der Waals surface area contributed by atoms with Crippen molar-refractivity contribution in [2.24, 2.45) is 0 Å². The average Bonchev–Trinajstić information content (AvgIpc) is 3.34. The normalized spacial score (nSPS) is 15.9. The summed E-state index contributed by atoms with van der Waals surface area (Å²) in [6.45, 7) is 0.710. The zero-order valence-corrected chi connectivity index (χ0v) is 18.9. The quantitative estimate of drug-likeness (QED) is 0.417. The molecule has 0 aliphatic carbocycles. The molecule has 1 atom stereocenters. The van der Waals surface area contributed by atoms with Gasteiger partial charge in [0.1, 0.15) is 23.2 Å². The SMILES string of the molecule is O=c1cc[nH]c2ncnc(N3CCCC3c3cc4cccc(Cl)c4c(=O)n3-c3ccccc3)c12. The first kappa shape index (κ1) is 20.6. The highest BCUT2D eigenvalue weighted by molar-refractivity contribution is 6.35. The molecule has 34 heavy (non-hydrogen) atoms. The Hall–Kier alpha value is -3.97. The van der Waals surface area contributed by atoms with Gasteiger partial charge < -0.3 is 9.88 Å². The van der Waals surface area contributed by atoms with Crippen LogP contribution >= 0.6 is 11.6 Å². The first-order chi connectivity index (χ1) is 16.6. The number of aromatic nitrogens is 4. The molecule has 7 nitrogen and oxygen atoms in total. The fourth-order valence-electron chi connectivity index (χ4n) is 4.97. The number of benzene rings is 2. The Bertz CT molecular complexity index is 1660. The summed E-state index contributed by atoms with van der Waals surface area (Å²) in [4.78, 5) is 40.5. The Labute approximate surface area is 199 Å². The van der Waals surface area contributed by atoms with Crippen LogP contribution in [0, 0.1) is 0 Å². The van der Waals surface area contributed by atoms with Crippen LogP contribution in [0.15, 0.2) is 82.8 Å². The number of H-pyrrole nitrogens is 1. The summed E-state index contributed by atoms with van der Waals surface area (Å²) in [6.07, 6.45) is 4.77. The van der Waals surface area contributed by atoms with Crippen molar-refractivity contribution in [3.05, 3.63) is 104 Å². The second-order valence-corrected chi connectivity index (χ2v) is 8.77. The summed E-state index contributed by atoms with van der Waals surface area (Å²) in [7, 11) is 0. The number of nitrogens with zero attached hydrogens (tertiary/aromatic N) is 4. The number of anilines is 1. The van der Waals surface area contributed by atoms with E-state index in [1.165, 1.54) is 12.4 Å². The van der Waals surface area contributed by atoms with Crippen molar-refractivity contribution in [2.75, 3.05) is 11.4 Å². The van der Waals surface area contributed by atoms with Crippen molar-refractivity contribution >= 4 is 39.2 Å². The lowest BCUT2D eigenvalue weighted by molar-refractivity contribution is 0.662. The van der Waals surface area contributed by atoms with Crippen molar-refractivity contribution in [1.29, 1.82) is 0 Å². The van der Waals surface area contributed by atoms with Crippen LogP contribution in [0.5, 0.6) is 0 Å². The molecule has 168 valence electrons. The lowest BCUT2D eigenvalue weighted by atomic mass is 10.0. The molecule has 1 fully saturated rings. The van der Waals surface area contributed by atoms with Gasteiger partial charge in [-0.3, -0.25) is 14.2 Å². The minimum absolute atomic E-state index is 0.138. The molecule has 0 saturated carbocycles. The number of para-hydroxylation sites is 1. The first-order valence-corrected chi connectivity index (χ1v) is 11.5. The maximum Gasteiger partial charge on any atom is 0.264 e. The molecule has 5 aromatic rings. The Morgan fingerprint density at radius 3 is 2.68 bits per heavy atom. The largest absolute Gasteiger partial charge is 0.347 e. The van der Waals surface area contributed by atoms with Crippen LogP contribution in [0.3, 0.4) is 0 Å². The maximum absolute atomic E-state index is 13.8. The van der Waals surface area contributed by atoms with Crippen LogP contribution < -0.4 is 15.9 Å². The minimum Gasteiger partial charge on any atom is -0.347 e. The zero-order chi connectivity index (χ0) is 23.2. The molecule has 0 bridgehead atoms. The molecule has 8 heteroatoms. The average molecular weight is 470 g/mol. The third-order valence-electron chi connectivity index (χ3n) is 6.43. The number of rotatable bonds is 3. The summed E-state index contributed by atoms with van der Waals surface area (Å²) in [5.74, 6) is 0.576. The van der Waals surface area contributed by atoms with Crippen molar-refractivity contribution in [2.45, 2.75) is 18.9 Å². The number of fused-ring (bicyclic) bond motifs is 2. The topological polar surface area (TPSA) is 83.9 Å². The van der Waals surface area contributed by atoms with E-state index in [-0.39, 0.29) is 17.0 Å². The molecule has 1 unspecified atom stereocenters. The molecule has 2 aromatic carbocycles. The summed E-state index contributed by atoms with van der Waals surface area (Å²) in [5, 5.41) is 2.16. The fraction of sp³-hybridized carbons (Fsp3) is 0.154. The predicted molar refractivity (Wildman–Crippen MR) is 134 cm³/mol. The minimum atomic E-state index is -0.165. The van der Waals surface area contributed by atoms with E-state index in [0.29, 0.717) is 33.8 Å².